The van der Waals surface area contributed by atoms with E-state index in [9.17, 15) is 5.11 Å². The summed E-state index contributed by atoms with van der Waals surface area (Å²) in [4.78, 5) is 0. The molecule has 1 fully saturated rings. The highest BCUT2D eigenvalue weighted by Gasteiger charge is 2.50. The molecule has 3 N–H and O–H groups in total. The van der Waals surface area contributed by atoms with Gasteiger partial charge in [0, 0.05) is 12.0 Å². The Kier molecular flexibility index (Phi) is 3.54. The van der Waals surface area contributed by atoms with Gasteiger partial charge < -0.3 is 10.8 Å². The van der Waals surface area contributed by atoms with Gasteiger partial charge in [-0.05, 0) is 41.0 Å². The number of hydrogen-bond donors (Lipinski definition) is 2. The fourth-order valence-electron chi connectivity index (χ4n) is 3.97. The van der Waals surface area contributed by atoms with Crippen molar-refractivity contribution in [1.82, 2.24) is 0 Å². The molecule has 1 saturated carbocycles. The van der Waals surface area contributed by atoms with Crippen molar-refractivity contribution in [3.05, 3.63) is 48.0 Å². The van der Waals surface area contributed by atoms with Crippen LogP contribution in [0.4, 0.5) is 0 Å². The molecule has 2 aromatic carbocycles. The van der Waals surface area contributed by atoms with Crippen LogP contribution in [0.3, 0.4) is 0 Å². The highest BCUT2D eigenvalue weighted by atomic mass is 16.3. The van der Waals surface area contributed by atoms with Gasteiger partial charge in [0.1, 0.15) is 0 Å². The Bertz CT molecular complexity index is 644. The minimum Gasteiger partial charge on any atom is -0.392 e. The molecule has 0 spiro atoms. The SMILES string of the molecule is CC1(C)CCC(CN)(Cc2cccc3ccccc23)C1O. The molecule has 0 aromatic heterocycles. The number of rotatable bonds is 3. The maximum atomic E-state index is 10.8. The van der Waals surface area contributed by atoms with E-state index in [0.29, 0.717) is 6.54 Å². The second-order valence-corrected chi connectivity index (χ2v) is 7.27. The van der Waals surface area contributed by atoms with Crippen molar-refractivity contribution in [2.45, 2.75) is 39.2 Å². The molecule has 1 aliphatic carbocycles. The van der Waals surface area contributed by atoms with Crippen molar-refractivity contribution in [2.75, 3.05) is 6.54 Å². The maximum absolute atomic E-state index is 10.8. The number of nitrogens with two attached hydrogens (primary N) is 1. The quantitative estimate of drug-likeness (QED) is 0.905. The molecule has 0 aliphatic heterocycles. The lowest BCUT2D eigenvalue weighted by atomic mass is 9.74. The van der Waals surface area contributed by atoms with Gasteiger partial charge in [-0.15, -0.1) is 0 Å². The van der Waals surface area contributed by atoms with Gasteiger partial charge in [-0.3, -0.25) is 0 Å². The van der Waals surface area contributed by atoms with E-state index in [4.69, 9.17) is 5.73 Å². The molecule has 2 atom stereocenters. The molecule has 0 saturated heterocycles. The van der Waals surface area contributed by atoms with Crippen molar-refractivity contribution in [1.29, 1.82) is 0 Å². The molecule has 112 valence electrons. The Labute approximate surface area is 127 Å². The first kappa shape index (κ1) is 14.6. The van der Waals surface area contributed by atoms with E-state index in [0.717, 1.165) is 19.3 Å². The zero-order valence-corrected chi connectivity index (χ0v) is 13.0. The van der Waals surface area contributed by atoms with Crippen LogP contribution >= 0.6 is 0 Å². The average molecular weight is 283 g/mol. The minimum absolute atomic E-state index is 0.0377. The van der Waals surface area contributed by atoms with Gasteiger partial charge in [0.2, 0.25) is 0 Å². The van der Waals surface area contributed by atoms with E-state index in [-0.39, 0.29) is 16.9 Å². The third-order valence-corrected chi connectivity index (χ3v) is 5.42. The lowest BCUT2D eigenvalue weighted by Crippen LogP contribution is -2.44. The van der Waals surface area contributed by atoms with Crippen LogP contribution in [-0.2, 0) is 6.42 Å². The van der Waals surface area contributed by atoms with Crippen molar-refractivity contribution >= 4 is 10.8 Å². The second kappa shape index (κ2) is 5.11. The van der Waals surface area contributed by atoms with E-state index in [1.807, 2.05) is 0 Å². The fraction of sp³-hybridized carbons (Fsp3) is 0.474. The molecule has 3 rings (SSSR count). The Balaban J connectivity index is 2.01. The molecule has 0 radical (unpaired) electrons. The van der Waals surface area contributed by atoms with Crippen LogP contribution in [0.1, 0.15) is 32.3 Å². The third kappa shape index (κ3) is 2.37. The van der Waals surface area contributed by atoms with E-state index in [2.05, 4.69) is 56.3 Å². The first-order chi connectivity index (χ1) is 9.98. The van der Waals surface area contributed by atoms with Crippen molar-refractivity contribution in [3.63, 3.8) is 0 Å². The largest absolute Gasteiger partial charge is 0.392 e. The summed E-state index contributed by atoms with van der Waals surface area (Å²) in [6.45, 7) is 4.84. The van der Waals surface area contributed by atoms with Gasteiger partial charge in [0.05, 0.1) is 6.10 Å². The molecule has 0 bridgehead atoms. The summed E-state index contributed by atoms with van der Waals surface area (Å²) in [5, 5.41) is 13.4. The topological polar surface area (TPSA) is 46.2 Å². The lowest BCUT2D eigenvalue weighted by molar-refractivity contribution is -0.00448. The highest BCUT2D eigenvalue weighted by Crippen LogP contribution is 2.50. The Morgan fingerprint density at radius 2 is 1.81 bits per heavy atom. The summed E-state index contributed by atoms with van der Waals surface area (Å²) in [5.41, 5.74) is 7.19. The molecule has 2 unspecified atom stereocenters. The average Bonchev–Trinajstić information content (AvgIpc) is 2.72. The predicted octanol–water partition coefficient (Wildman–Crippen LogP) is 3.51. The Hall–Kier alpha value is -1.38. The number of fused-ring (bicyclic) bond motifs is 1. The summed E-state index contributed by atoms with van der Waals surface area (Å²) in [7, 11) is 0. The minimum atomic E-state index is -0.339. The molecular formula is C19H25NO. The van der Waals surface area contributed by atoms with Crippen molar-refractivity contribution in [3.8, 4) is 0 Å². The van der Waals surface area contributed by atoms with E-state index in [1.54, 1.807) is 0 Å². The van der Waals surface area contributed by atoms with Crippen LogP contribution in [0.15, 0.2) is 42.5 Å². The predicted molar refractivity (Wildman–Crippen MR) is 88.2 cm³/mol. The molecule has 1 aliphatic rings. The van der Waals surface area contributed by atoms with Gasteiger partial charge in [-0.25, -0.2) is 0 Å². The van der Waals surface area contributed by atoms with Gasteiger partial charge in [-0.2, -0.15) is 0 Å². The van der Waals surface area contributed by atoms with Crippen LogP contribution in [0.5, 0.6) is 0 Å². The maximum Gasteiger partial charge on any atom is 0.0662 e. The Morgan fingerprint density at radius 3 is 2.48 bits per heavy atom. The summed E-state index contributed by atoms with van der Waals surface area (Å²) in [6.07, 6.45) is 2.56. The smallest absolute Gasteiger partial charge is 0.0662 e. The van der Waals surface area contributed by atoms with Crippen molar-refractivity contribution in [2.24, 2.45) is 16.6 Å². The molecular weight excluding hydrogens is 258 g/mol. The monoisotopic (exact) mass is 283 g/mol. The number of aliphatic hydroxyl groups is 1. The van der Waals surface area contributed by atoms with E-state index >= 15 is 0 Å². The van der Waals surface area contributed by atoms with Crippen LogP contribution in [-0.4, -0.2) is 17.8 Å². The molecule has 2 aromatic rings. The third-order valence-electron chi connectivity index (χ3n) is 5.42. The second-order valence-electron chi connectivity index (χ2n) is 7.27. The first-order valence-electron chi connectivity index (χ1n) is 7.83. The number of aliphatic hydroxyl groups excluding tert-OH is 1. The van der Waals surface area contributed by atoms with Crippen molar-refractivity contribution < 1.29 is 5.11 Å². The molecule has 0 heterocycles. The molecule has 2 nitrogen and oxygen atoms in total. The van der Waals surface area contributed by atoms with Crippen LogP contribution in [0.25, 0.3) is 10.8 Å². The number of hydrogen-bond acceptors (Lipinski definition) is 2. The fourth-order valence-corrected chi connectivity index (χ4v) is 3.97. The zero-order chi connectivity index (χ0) is 15.1. The van der Waals surface area contributed by atoms with E-state index < -0.39 is 0 Å². The van der Waals surface area contributed by atoms with Crippen LogP contribution < -0.4 is 5.73 Å². The molecule has 21 heavy (non-hydrogen) atoms. The van der Waals surface area contributed by atoms with Gasteiger partial charge in [-0.1, -0.05) is 56.3 Å². The summed E-state index contributed by atoms with van der Waals surface area (Å²) >= 11 is 0. The van der Waals surface area contributed by atoms with Crippen LogP contribution in [0, 0.1) is 10.8 Å². The van der Waals surface area contributed by atoms with Gasteiger partial charge in [0.15, 0.2) is 0 Å². The first-order valence-corrected chi connectivity index (χ1v) is 7.83. The zero-order valence-electron chi connectivity index (χ0n) is 13.0. The normalized spacial score (nSPS) is 28.1. The molecule has 0 amide bonds. The summed E-state index contributed by atoms with van der Waals surface area (Å²) in [6, 6.07) is 14.9. The molecule has 2 heteroatoms. The summed E-state index contributed by atoms with van der Waals surface area (Å²) in [5.74, 6) is 0. The summed E-state index contributed by atoms with van der Waals surface area (Å²) < 4.78 is 0. The van der Waals surface area contributed by atoms with Gasteiger partial charge >= 0.3 is 0 Å². The van der Waals surface area contributed by atoms with E-state index in [1.165, 1.54) is 16.3 Å². The van der Waals surface area contributed by atoms with Crippen LogP contribution in [0.2, 0.25) is 0 Å². The standard InChI is InChI=1S/C19H25NO/c1-18(2)10-11-19(13-20,17(18)21)12-15-8-5-7-14-6-3-4-9-16(14)15/h3-9,17,21H,10-13,20H2,1-2H3. The van der Waals surface area contributed by atoms with Gasteiger partial charge in [0.25, 0.3) is 0 Å². The number of benzene rings is 2. The highest BCUT2D eigenvalue weighted by molar-refractivity contribution is 5.85. The lowest BCUT2D eigenvalue weighted by Gasteiger charge is -2.36. The Morgan fingerprint density at radius 1 is 1.10 bits per heavy atom.